The Hall–Kier alpha value is -1.24. The third-order valence-electron chi connectivity index (χ3n) is 5.87. The molecule has 0 bridgehead atoms. The van der Waals surface area contributed by atoms with Crippen molar-refractivity contribution in [2.75, 3.05) is 0 Å². The minimum Gasteiger partial charge on any atom is -0.358 e. The Morgan fingerprint density at radius 1 is 0.810 bits per heavy atom. The fourth-order valence-electron chi connectivity index (χ4n) is 4.82. The third kappa shape index (κ3) is 2.52. The molecule has 2 aliphatic carbocycles. The number of para-hydroxylation sites is 1. The van der Waals surface area contributed by atoms with Gasteiger partial charge in [-0.2, -0.15) is 0 Å². The summed E-state index contributed by atoms with van der Waals surface area (Å²) in [5.41, 5.74) is 4.59. The van der Waals surface area contributed by atoms with Gasteiger partial charge in [0.05, 0.1) is 0 Å². The van der Waals surface area contributed by atoms with E-state index in [4.69, 9.17) is 0 Å². The van der Waals surface area contributed by atoms with Gasteiger partial charge < -0.3 is 4.98 Å². The number of H-pyrrole nitrogens is 1. The fourth-order valence-corrected chi connectivity index (χ4v) is 4.82. The van der Waals surface area contributed by atoms with E-state index in [-0.39, 0.29) is 0 Å². The van der Waals surface area contributed by atoms with Crippen LogP contribution in [0.5, 0.6) is 0 Å². The molecular formula is C20H27N. The monoisotopic (exact) mass is 281 g/mol. The summed E-state index contributed by atoms with van der Waals surface area (Å²) in [7, 11) is 0. The summed E-state index contributed by atoms with van der Waals surface area (Å²) in [5, 5.41) is 1.51. The lowest BCUT2D eigenvalue weighted by atomic mass is 9.80. The molecule has 1 heterocycles. The van der Waals surface area contributed by atoms with Crippen LogP contribution in [0.1, 0.15) is 75.0 Å². The first-order valence-electron chi connectivity index (χ1n) is 9.03. The van der Waals surface area contributed by atoms with Crippen molar-refractivity contribution in [1.29, 1.82) is 0 Å². The number of benzene rings is 1. The molecule has 0 saturated heterocycles. The highest BCUT2D eigenvalue weighted by atomic mass is 14.7. The zero-order valence-electron chi connectivity index (χ0n) is 13.0. The smallest absolute Gasteiger partial charge is 0.0459 e. The molecule has 1 saturated carbocycles. The van der Waals surface area contributed by atoms with Crippen molar-refractivity contribution in [3.05, 3.63) is 35.5 Å². The van der Waals surface area contributed by atoms with Crippen LogP contribution in [-0.4, -0.2) is 4.98 Å². The highest BCUT2D eigenvalue weighted by molar-refractivity contribution is 5.85. The molecule has 0 aliphatic heterocycles. The van der Waals surface area contributed by atoms with Crippen LogP contribution in [0.2, 0.25) is 0 Å². The molecule has 1 N–H and O–H groups in total. The molecule has 0 radical (unpaired) electrons. The lowest BCUT2D eigenvalue weighted by Gasteiger charge is -2.24. The molecule has 4 rings (SSSR count). The first-order chi connectivity index (χ1) is 10.4. The summed E-state index contributed by atoms with van der Waals surface area (Å²) in [6.07, 6.45) is 14.4. The maximum atomic E-state index is 3.69. The van der Waals surface area contributed by atoms with Crippen molar-refractivity contribution in [1.82, 2.24) is 4.98 Å². The maximum absolute atomic E-state index is 3.69. The summed E-state index contributed by atoms with van der Waals surface area (Å²) in [6, 6.07) is 8.93. The average Bonchev–Trinajstić information content (AvgIpc) is 3.09. The van der Waals surface area contributed by atoms with Crippen molar-refractivity contribution in [3.63, 3.8) is 0 Å². The molecule has 2 aromatic rings. The van der Waals surface area contributed by atoms with E-state index in [1.54, 1.807) is 11.3 Å². The van der Waals surface area contributed by atoms with Gasteiger partial charge in [0, 0.05) is 16.6 Å². The first-order valence-corrected chi connectivity index (χ1v) is 9.03. The second-order valence-corrected chi connectivity index (χ2v) is 7.17. The molecule has 112 valence electrons. The number of aromatic amines is 1. The Morgan fingerprint density at radius 2 is 1.52 bits per heavy atom. The number of nitrogens with one attached hydrogen (secondary N) is 1. The van der Waals surface area contributed by atoms with Gasteiger partial charge in [-0.05, 0) is 49.1 Å². The Bertz CT molecular complexity index is 599. The van der Waals surface area contributed by atoms with E-state index in [0.717, 1.165) is 11.8 Å². The number of hydrogen-bond donors (Lipinski definition) is 1. The number of aromatic nitrogens is 1. The highest BCUT2D eigenvalue weighted by Crippen LogP contribution is 2.46. The summed E-state index contributed by atoms with van der Waals surface area (Å²) in [4.78, 5) is 3.69. The molecule has 1 unspecified atom stereocenters. The molecule has 1 aromatic heterocycles. The molecule has 1 fully saturated rings. The molecule has 1 nitrogen and oxygen atoms in total. The fraction of sp³-hybridized carbons (Fsp3) is 0.600. The molecular weight excluding hydrogens is 254 g/mol. The van der Waals surface area contributed by atoms with E-state index in [0.29, 0.717) is 0 Å². The number of aryl methyl sites for hydroxylation is 1. The van der Waals surface area contributed by atoms with Crippen LogP contribution in [0.4, 0.5) is 0 Å². The Balaban J connectivity index is 1.65. The van der Waals surface area contributed by atoms with Gasteiger partial charge in [-0.3, -0.25) is 0 Å². The minimum atomic E-state index is 0.828. The second kappa shape index (κ2) is 5.87. The van der Waals surface area contributed by atoms with Crippen LogP contribution in [0.3, 0.4) is 0 Å². The molecule has 2 aliphatic rings. The zero-order chi connectivity index (χ0) is 14.1. The minimum absolute atomic E-state index is 0.828. The Labute approximate surface area is 128 Å². The van der Waals surface area contributed by atoms with E-state index in [9.17, 15) is 0 Å². The summed E-state index contributed by atoms with van der Waals surface area (Å²) >= 11 is 0. The van der Waals surface area contributed by atoms with Gasteiger partial charge in [0.1, 0.15) is 0 Å². The van der Waals surface area contributed by atoms with E-state index in [2.05, 4.69) is 29.2 Å². The van der Waals surface area contributed by atoms with Gasteiger partial charge in [0.2, 0.25) is 0 Å². The third-order valence-corrected chi connectivity index (χ3v) is 5.87. The SMILES string of the molecule is c1ccc2c3c([nH]c2c1)CCC3C1CCCCCCCC1. The van der Waals surface area contributed by atoms with Crippen LogP contribution < -0.4 is 0 Å². The molecule has 1 atom stereocenters. The van der Waals surface area contributed by atoms with Gasteiger partial charge in [0.25, 0.3) is 0 Å². The van der Waals surface area contributed by atoms with Gasteiger partial charge in [-0.1, -0.05) is 56.7 Å². The van der Waals surface area contributed by atoms with Crippen molar-refractivity contribution >= 4 is 10.9 Å². The van der Waals surface area contributed by atoms with Crippen LogP contribution in [0.25, 0.3) is 10.9 Å². The average molecular weight is 281 g/mol. The van der Waals surface area contributed by atoms with E-state index in [1.165, 1.54) is 75.1 Å². The maximum Gasteiger partial charge on any atom is 0.0459 e. The lowest BCUT2D eigenvalue weighted by molar-refractivity contribution is 0.354. The Kier molecular flexibility index (Phi) is 3.75. The van der Waals surface area contributed by atoms with E-state index in [1.807, 2.05) is 0 Å². The summed E-state index contributed by atoms with van der Waals surface area (Å²) in [5.74, 6) is 1.76. The molecule has 1 heteroatoms. The Morgan fingerprint density at radius 3 is 2.33 bits per heavy atom. The molecule has 21 heavy (non-hydrogen) atoms. The first kappa shape index (κ1) is 13.4. The van der Waals surface area contributed by atoms with E-state index >= 15 is 0 Å². The van der Waals surface area contributed by atoms with Gasteiger partial charge >= 0.3 is 0 Å². The predicted octanol–water partition coefficient (Wildman–Crippen LogP) is 5.95. The standard InChI is InChI=1S/C20H27N/c1-2-4-6-10-15(9-5-3-1)16-13-14-19-20(16)17-11-7-8-12-18(17)21-19/h7-8,11-12,15-16,21H,1-6,9-10,13-14H2. The lowest BCUT2D eigenvalue weighted by Crippen LogP contribution is -2.10. The molecule has 0 amide bonds. The van der Waals surface area contributed by atoms with Crippen molar-refractivity contribution in [2.24, 2.45) is 5.92 Å². The van der Waals surface area contributed by atoms with Gasteiger partial charge in [-0.25, -0.2) is 0 Å². The topological polar surface area (TPSA) is 15.8 Å². The van der Waals surface area contributed by atoms with Crippen LogP contribution in [-0.2, 0) is 6.42 Å². The predicted molar refractivity (Wildman–Crippen MR) is 89.8 cm³/mol. The highest BCUT2D eigenvalue weighted by Gasteiger charge is 2.32. The van der Waals surface area contributed by atoms with Crippen molar-refractivity contribution < 1.29 is 0 Å². The number of rotatable bonds is 1. The number of hydrogen-bond acceptors (Lipinski definition) is 0. The summed E-state index contributed by atoms with van der Waals surface area (Å²) < 4.78 is 0. The van der Waals surface area contributed by atoms with Gasteiger partial charge in [0.15, 0.2) is 0 Å². The number of fused-ring (bicyclic) bond motifs is 3. The van der Waals surface area contributed by atoms with Crippen molar-refractivity contribution in [3.8, 4) is 0 Å². The van der Waals surface area contributed by atoms with Crippen molar-refractivity contribution in [2.45, 2.75) is 70.1 Å². The van der Waals surface area contributed by atoms with E-state index < -0.39 is 0 Å². The van der Waals surface area contributed by atoms with Gasteiger partial charge in [-0.15, -0.1) is 0 Å². The zero-order valence-corrected chi connectivity index (χ0v) is 13.0. The largest absolute Gasteiger partial charge is 0.358 e. The normalized spacial score (nSPS) is 24.5. The summed E-state index contributed by atoms with van der Waals surface area (Å²) in [6.45, 7) is 0. The van der Waals surface area contributed by atoms with Crippen LogP contribution >= 0.6 is 0 Å². The molecule has 1 aromatic carbocycles. The van der Waals surface area contributed by atoms with Crippen LogP contribution in [0, 0.1) is 5.92 Å². The van der Waals surface area contributed by atoms with Crippen LogP contribution in [0.15, 0.2) is 24.3 Å². The quantitative estimate of drug-likeness (QED) is 0.665. The molecule has 0 spiro atoms. The second-order valence-electron chi connectivity index (χ2n) is 7.17.